The van der Waals surface area contributed by atoms with E-state index < -0.39 is 56.1 Å². The maximum Gasteiger partial charge on any atom is 0.387 e. The number of halogens is 4. The number of hydrogen-bond acceptors (Lipinski definition) is 8. The Morgan fingerprint density at radius 2 is 1.85 bits per heavy atom. The molecule has 1 saturated carbocycles. The third kappa shape index (κ3) is 5.24. The van der Waals surface area contributed by atoms with Crippen molar-refractivity contribution in [3.8, 4) is 5.75 Å². The first-order valence-electron chi connectivity index (χ1n) is 12.7. The Bertz CT molecular complexity index is 1570. The molecule has 1 saturated heterocycles. The molecule has 3 heterocycles. The molecule has 0 amide bonds. The molecule has 2 atom stereocenters. The number of alkyl halides is 2. The van der Waals surface area contributed by atoms with Crippen molar-refractivity contribution in [2.75, 3.05) is 18.4 Å². The topological polar surface area (TPSA) is 127 Å². The number of hydrogen-bond donors (Lipinski definition) is 2. The number of nitrogens with one attached hydrogen (secondary N) is 1. The second-order valence-electron chi connectivity index (χ2n) is 10.2. The number of pyridine rings is 1. The van der Waals surface area contributed by atoms with Gasteiger partial charge in [0.1, 0.15) is 17.3 Å². The van der Waals surface area contributed by atoms with Crippen LogP contribution in [0.25, 0.3) is 11.0 Å². The van der Waals surface area contributed by atoms with E-state index >= 15 is 0 Å². The third-order valence-corrected chi connectivity index (χ3v) is 9.40. The lowest BCUT2D eigenvalue weighted by molar-refractivity contribution is -0.0513. The number of aliphatic hydroxyl groups is 1. The Balaban J connectivity index is 1.40. The molecule has 5 rings (SSSR count). The van der Waals surface area contributed by atoms with Gasteiger partial charge < -0.3 is 15.2 Å². The van der Waals surface area contributed by atoms with E-state index in [1.807, 2.05) is 0 Å². The summed E-state index contributed by atoms with van der Waals surface area (Å²) in [6.07, 6.45) is 3.30. The van der Waals surface area contributed by atoms with Crippen LogP contribution in [-0.2, 0) is 10.0 Å². The first kappa shape index (κ1) is 28.2. The van der Waals surface area contributed by atoms with Gasteiger partial charge >= 0.3 is 6.61 Å². The lowest BCUT2D eigenvalue weighted by Gasteiger charge is -2.32. The van der Waals surface area contributed by atoms with Crippen molar-refractivity contribution in [2.45, 2.75) is 68.2 Å². The molecule has 15 heteroatoms. The normalized spacial score (nSPS) is 22.7. The van der Waals surface area contributed by atoms with Crippen molar-refractivity contribution in [2.24, 2.45) is 0 Å². The molecule has 0 spiro atoms. The number of fused-ring (bicyclic) bond motifs is 1. The summed E-state index contributed by atoms with van der Waals surface area (Å²) < 4.78 is 86.6. The second-order valence-corrected chi connectivity index (χ2v) is 12.0. The van der Waals surface area contributed by atoms with Gasteiger partial charge in [-0.1, -0.05) is 6.07 Å². The van der Waals surface area contributed by atoms with E-state index in [1.54, 1.807) is 6.92 Å². The van der Waals surface area contributed by atoms with E-state index in [0.29, 0.717) is 19.3 Å². The van der Waals surface area contributed by atoms with E-state index in [1.165, 1.54) is 10.8 Å². The number of sulfonamides is 1. The zero-order chi connectivity index (χ0) is 28.8. The minimum atomic E-state index is -4.39. The fraction of sp³-hybridized carbons (Fsp3) is 0.480. The molecular formula is C25H27F4N5O5S. The molecule has 2 N–H and O–H groups in total. The Kier molecular flexibility index (Phi) is 7.48. The molecular weight excluding hydrogens is 558 g/mol. The van der Waals surface area contributed by atoms with Crippen molar-refractivity contribution in [3.63, 3.8) is 0 Å². The second kappa shape index (κ2) is 10.6. The highest BCUT2D eigenvalue weighted by Gasteiger charge is 2.40. The molecule has 0 unspecified atom stereocenters. The molecule has 1 aromatic carbocycles. The van der Waals surface area contributed by atoms with Gasteiger partial charge in [0.15, 0.2) is 10.6 Å². The third-order valence-electron chi connectivity index (χ3n) is 7.45. The summed E-state index contributed by atoms with van der Waals surface area (Å²) in [4.78, 5) is 20.9. The van der Waals surface area contributed by atoms with Gasteiger partial charge in [-0.05, 0) is 57.2 Å². The zero-order valence-corrected chi connectivity index (χ0v) is 22.2. The van der Waals surface area contributed by atoms with Crippen molar-refractivity contribution in [1.29, 1.82) is 0 Å². The summed E-state index contributed by atoms with van der Waals surface area (Å²) >= 11 is 0. The van der Waals surface area contributed by atoms with Crippen molar-refractivity contribution in [3.05, 3.63) is 52.5 Å². The molecule has 0 radical (unpaired) electrons. The Labute approximate surface area is 226 Å². The van der Waals surface area contributed by atoms with Crippen LogP contribution in [-0.4, -0.2) is 63.7 Å². The van der Waals surface area contributed by atoms with Gasteiger partial charge in [-0.3, -0.25) is 9.36 Å². The fourth-order valence-electron chi connectivity index (χ4n) is 5.45. The summed E-state index contributed by atoms with van der Waals surface area (Å²) in [5.41, 5.74) is -2.02. The molecule has 216 valence electrons. The van der Waals surface area contributed by atoms with Crippen LogP contribution in [0.15, 0.2) is 40.2 Å². The first-order valence-corrected chi connectivity index (χ1v) is 14.1. The van der Waals surface area contributed by atoms with Crippen LogP contribution in [0, 0.1) is 11.6 Å². The predicted octanol–water partition coefficient (Wildman–Crippen LogP) is 3.41. The lowest BCUT2D eigenvalue weighted by Crippen LogP contribution is -2.43. The summed E-state index contributed by atoms with van der Waals surface area (Å²) in [6.45, 7) is -1.70. The van der Waals surface area contributed by atoms with E-state index in [9.17, 15) is 35.9 Å². The molecule has 2 aromatic heterocycles. The maximum absolute atomic E-state index is 14.1. The number of benzene rings is 1. The molecule has 2 fully saturated rings. The molecule has 1 aliphatic carbocycles. The molecule has 3 aromatic rings. The first-order chi connectivity index (χ1) is 18.9. The fourth-order valence-corrected chi connectivity index (χ4v) is 7.03. The van der Waals surface area contributed by atoms with E-state index in [-0.39, 0.29) is 49.0 Å². The van der Waals surface area contributed by atoms with E-state index in [4.69, 9.17) is 0 Å². The van der Waals surface area contributed by atoms with Crippen LogP contribution in [0.5, 0.6) is 5.75 Å². The Morgan fingerprint density at radius 1 is 1.18 bits per heavy atom. The van der Waals surface area contributed by atoms with Crippen LogP contribution in [0.3, 0.4) is 0 Å². The number of piperidine rings is 1. The minimum Gasteiger partial charge on any atom is -0.429 e. The van der Waals surface area contributed by atoms with E-state index in [2.05, 4.69) is 20.0 Å². The van der Waals surface area contributed by atoms with Gasteiger partial charge in [0.25, 0.3) is 5.56 Å². The predicted molar refractivity (Wildman–Crippen MR) is 136 cm³/mol. The largest absolute Gasteiger partial charge is 0.429 e. The van der Waals surface area contributed by atoms with Crippen molar-refractivity contribution >= 4 is 27.0 Å². The van der Waals surface area contributed by atoms with E-state index in [0.717, 1.165) is 28.6 Å². The van der Waals surface area contributed by atoms with Crippen LogP contribution in [0.1, 0.15) is 45.1 Å². The number of rotatable bonds is 7. The molecule has 10 nitrogen and oxygen atoms in total. The number of nitrogens with zero attached hydrogens (tertiary/aromatic N) is 4. The number of ether oxygens (including phenoxy) is 1. The summed E-state index contributed by atoms with van der Waals surface area (Å²) in [5, 5.41) is 14.2. The number of aromatic nitrogens is 3. The van der Waals surface area contributed by atoms with Gasteiger partial charge in [0.05, 0.1) is 11.6 Å². The van der Waals surface area contributed by atoms with Gasteiger partial charge in [0, 0.05) is 30.7 Å². The highest BCUT2D eigenvalue weighted by Crippen LogP contribution is 2.40. The van der Waals surface area contributed by atoms with Gasteiger partial charge in [-0.15, -0.1) is 0 Å². The Morgan fingerprint density at radius 3 is 2.45 bits per heavy atom. The summed E-state index contributed by atoms with van der Waals surface area (Å²) in [5.74, 6) is -2.82. The van der Waals surface area contributed by atoms with Gasteiger partial charge in [0.2, 0.25) is 16.0 Å². The molecule has 0 bridgehead atoms. The van der Waals surface area contributed by atoms with Gasteiger partial charge in [-0.25, -0.2) is 22.2 Å². The Hall–Kier alpha value is -3.30. The van der Waals surface area contributed by atoms with Crippen molar-refractivity contribution in [1.82, 2.24) is 18.8 Å². The smallest absolute Gasteiger partial charge is 0.387 e. The van der Waals surface area contributed by atoms with Crippen LogP contribution < -0.4 is 15.6 Å². The summed E-state index contributed by atoms with van der Waals surface area (Å²) in [6, 6.07) is 2.93. The highest BCUT2D eigenvalue weighted by atomic mass is 32.2. The average molecular weight is 586 g/mol. The molecule has 2 aliphatic rings. The standard InChI is InChI=1S/C25H27F4N5O5S/c1-25(36)9-3-6-19(25)34-21-14(12-18(22(34)35)39-23(28)29)13-30-24(32-21)31-15-7-10-33(11-8-15)40(37,38)20-16(26)4-2-5-17(20)27/h2,4-5,12-13,15,19,23,36H,3,6-11H2,1H3,(H,30,31,32)/t19-,25-/m1/s1. The van der Waals surface area contributed by atoms with Crippen LogP contribution in [0.2, 0.25) is 0 Å². The van der Waals surface area contributed by atoms with Crippen LogP contribution >= 0.6 is 0 Å². The minimum absolute atomic E-state index is 0.0225. The zero-order valence-electron chi connectivity index (χ0n) is 21.4. The van der Waals surface area contributed by atoms with Crippen LogP contribution in [0.4, 0.5) is 23.5 Å². The lowest BCUT2D eigenvalue weighted by atomic mass is 10.00. The SMILES string of the molecule is C[C@@]1(O)CCC[C@H]1n1c(=O)c(OC(F)F)cc2cnc(NC3CCN(S(=O)(=O)c4c(F)cccc4F)CC3)nc21. The monoisotopic (exact) mass is 585 g/mol. The molecule has 1 aliphatic heterocycles. The highest BCUT2D eigenvalue weighted by molar-refractivity contribution is 7.89. The molecule has 40 heavy (non-hydrogen) atoms. The van der Waals surface area contributed by atoms with Crippen molar-refractivity contribution < 1.29 is 35.8 Å². The number of anilines is 1. The maximum atomic E-state index is 14.1. The van der Waals surface area contributed by atoms with Gasteiger partial charge in [-0.2, -0.15) is 18.1 Å². The average Bonchev–Trinajstić information content (AvgIpc) is 3.23. The summed E-state index contributed by atoms with van der Waals surface area (Å²) in [7, 11) is -4.39. The quantitative estimate of drug-likeness (QED) is 0.404.